The fourth-order valence-electron chi connectivity index (χ4n) is 3.62. The topological polar surface area (TPSA) is 80.5 Å². The molecule has 3 aromatic carbocycles. The molecule has 0 aliphatic rings. The van der Waals surface area contributed by atoms with Crippen LogP contribution < -0.4 is 14.2 Å². The Bertz CT molecular complexity index is 1020. The Kier molecular flexibility index (Phi) is 6.82. The number of rotatable bonds is 8. The van der Waals surface area contributed by atoms with Crippen molar-refractivity contribution < 1.29 is 24.4 Å². The molecule has 2 N–H and O–H groups in total. The van der Waals surface area contributed by atoms with E-state index in [0.29, 0.717) is 33.9 Å². The lowest BCUT2D eigenvalue weighted by atomic mass is 9.80. The number of hydrogen-bond acceptors (Lipinski definition) is 6. The van der Waals surface area contributed by atoms with Crippen molar-refractivity contribution in [3.05, 3.63) is 83.4 Å². The van der Waals surface area contributed by atoms with E-state index in [9.17, 15) is 10.2 Å². The Morgan fingerprint density at radius 1 is 0.774 bits per heavy atom. The minimum Gasteiger partial charge on any atom is -0.504 e. The zero-order chi connectivity index (χ0) is 22.4. The van der Waals surface area contributed by atoms with Gasteiger partial charge in [0.25, 0.3) is 0 Å². The van der Waals surface area contributed by atoms with Crippen molar-refractivity contribution in [2.24, 2.45) is 4.99 Å². The van der Waals surface area contributed by atoms with Gasteiger partial charge in [0.1, 0.15) is 17.1 Å². The summed E-state index contributed by atoms with van der Waals surface area (Å²) >= 11 is 0. The lowest BCUT2D eigenvalue weighted by Crippen LogP contribution is -2.38. The van der Waals surface area contributed by atoms with Crippen LogP contribution in [0, 0.1) is 0 Å². The van der Waals surface area contributed by atoms with Crippen LogP contribution in [-0.2, 0) is 5.60 Å². The Balaban J connectivity index is 2.15. The highest BCUT2D eigenvalue weighted by molar-refractivity contribution is 5.85. The highest BCUT2D eigenvalue weighted by atomic mass is 16.5. The van der Waals surface area contributed by atoms with Gasteiger partial charge in [0.2, 0.25) is 0 Å². The minimum absolute atomic E-state index is 0.0147. The maximum Gasteiger partial charge on any atom is 0.166 e. The van der Waals surface area contributed by atoms with Gasteiger partial charge in [-0.25, -0.2) is 0 Å². The van der Waals surface area contributed by atoms with Crippen molar-refractivity contribution in [2.45, 2.75) is 18.6 Å². The largest absolute Gasteiger partial charge is 0.504 e. The third-order valence-corrected chi connectivity index (χ3v) is 5.33. The molecular weight excluding hydrogens is 394 g/mol. The lowest BCUT2D eigenvalue weighted by Gasteiger charge is -2.35. The third kappa shape index (κ3) is 4.20. The molecular formula is C25H27NO5. The molecule has 1 unspecified atom stereocenters. The summed E-state index contributed by atoms with van der Waals surface area (Å²) in [7, 11) is 4.61. The quantitative estimate of drug-likeness (QED) is 0.534. The van der Waals surface area contributed by atoms with E-state index in [2.05, 4.69) is 4.99 Å². The second-order valence-electron chi connectivity index (χ2n) is 7.02. The molecule has 0 aliphatic carbocycles. The Morgan fingerprint density at radius 3 is 1.77 bits per heavy atom. The number of aromatic hydroxyl groups is 1. The summed E-state index contributed by atoms with van der Waals surface area (Å²) in [6.07, 6.45) is 1.53. The van der Waals surface area contributed by atoms with E-state index in [0.717, 1.165) is 0 Å². The second-order valence-corrected chi connectivity index (χ2v) is 7.02. The molecule has 0 aromatic heterocycles. The number of methoxy groups -OCH3 is 3. The number of aliphatic hydroxyl groups is 1. The molecule has 0 radical (unpaired) electrons. The monoisotopic (exact) mass is 421 g/mol. The van der Waals surface area contributed by atoms with E-state index >= 15 is 0 Å². The number of ether oxygens (including phenoxy) is 3. The Labute approximate surface area is 182 Å². The summed E-state index contributed by atoms with van der Waals surface area (Å²) in [5, 5.41) is 22.5. The number of nitrogens with zero attached hydrogens (tertiary/aromatic N) is 1. The zero-order valence-electron chi connectivity index (χ0n) is 18.1. The summed E-state index contributed by atoms with van der Waals surface area (Å²) in [6.45, 7) is 1.80. The maximum atomic E-state index is 12.1. The van der Waals surface area contributed by atoms with Gasteiger partial charge in [-0.05, 0) is 31.2 Å². The molecule has 0 saturated carbocycles. The van der Waals surface area contributed by atoms with E-state index in [1.807, 2.05) is 24.3 Å². The van der Waals surface area contributed by atoms with Gasteiger partial charge in [0, 0.05) is 22.9 Å². The summed E-state index contributed by atoms with van der Waals surface area (Å²) < 4.78 is 16.2. The number of phenols is 1. The first kappa shape index (κ1) is 22.2. The molecule has 6 heteroatoms. The smallest absolute Gasteiger partial charge is 0.166 e. The van der Waals surface area contributed by atoms with Crippen LogP contribution in [0.5, 0.6) is 23.0 Å². The van der Waals surface area contributed by atoms with E-state index in [1.54, 1.807) is 63.6 Å². The molecule has 0 spiro atoms. The van der Waals surface area contributed by atoms with Crippen molar-refractivity contribution in [3.8, 4) is 23.0 Å². The predicted octanol–water partition coefficient (Wildman–Crippen LogP) is 4.16. The van der Waals surface area contributed by atoms with Gasteiger partial charge < -0.3 is 24.4 Å². The summed E-state index contributed by atoms with van der Waals surface area (Å²) in [4.78, 5) is 4.60. The molecule has 6 nitrogen and oxygen atoms in total. The van der Waals surface area contributed by atoms with Gasteiger partial charge in [-0.1, -0.05) is 42.5 Å². The van der Waals surface area contributed by atoms with Crippen molar-refractivity contribution in [3.63, 3.8) is 0 Å². The van der Waals surface area contributed by atoms with Crippen LogP contribution in [0.4, 0.5) is 0 Å². The second kappa shape index (κ2) is 9.53. The Morgan fingerprint density at radius 2 is 1.26 bits per heavy atom. The first-order valence-corrected chi connectivity index (χ1v) is 9.85. The van der Waals surface area contributed by atoms with Crippen molar-refractivity contribution in [2.75, 3.05) is 21.3 Å². The molecule has 3 aromatic rings. The van der Waals surface area contributed by atoms with Crippen molar-refractivity contribution >= 4 is 6.21 Å². The molecule has 3 rings (SSSR count). The van der Waals surface area contributed by atoms with Crippen LogP contribution in [-0.4, -0.2) is 43.8 Å². The first-order chi connectivity index (χ1) is 15.0. The van der Waals surface area contributed by atoms with E-state index in [1.165, 1.54) is 13.3 Å². The number of para-hydroxylation sites is 3. The fourth-order valence-corrected chi connectivity index (χ4v) is 3.62. The van der Waals surface area contributed by atoms with Crippen LogP contribution in [0.1, 0.15) is 23.6 Å². The molecule has 0 heterocycles. The fraction of sp³-hybridized carbons (Fsp3) is 0.240. The van der Waals surface area contributed by atoms with Gasteiger partial charge in [-0.2, -0.15) is 0 Å². The zero-order valence-corrected chi connectivity index (χ0v) is 18.1. The van der Waals surface area contributed by atoms with Gasteiger partial charge in [-0.3, -0.25) is 4.99 Å². The maximum absolute atomic E-state index is 12.1. The first-order valence-electron chi connectivity index (χ1n) is 9.85. The molecule has 0 fully saturated rings. The average Bonchev–Trinajstić information content (AvgIpc) is 2.82. The van der Waals surface area contributed by atoms with Crippen LogP contribution in [0.3, 0.4) is 0 Å². The highest BCUT2D eigenvalue weighted by Crippen LogP contribution is 2.43. The van der Waals surface area contributed by atoms with Crippen molar-refractivity contribution in [1.82, 2.24) is 0 Å². The van der Waals surface area contributed by atoms with Gasteiger partial charge in [0.05, 0.1) is 27.4 Å². The molecule has 0 bridgehead atoms. The van der Waals surface area contributed by atoms with Crippen molar-refractivity contribution in [1.29, 1.82) is 0 Å². The third-order valence-electron chi connectivity index (χ3n) is 5.33. The summed E-state index contributed by atoms with van der Waals surface area (Å²) in [6, 6.07) is 19.0. The van der Waals surface area contributed by atoms with Gasteiger partial charge in [-0.15, -0.1) is 0 Å². The predicted molar refractivity (Wildman–Crippen MR) is 121 cm³/mol. The van der Waals surface area contributed by atoms with E-state index < -0.39 is 11.6 Å². The number of benzene rings is 3. The minimum atomic E-state index is -1.57. The highest BCUT2D eigenvalue weighted by Gasteiger charge is 2.42. The molecule has 162 valence electrons. The van der Waals surface area contributed by atoms with Crippen LogP contribution in [0.15, 0.2) is 71.7 Å². The van der Waals surface area contributed by atoms with Crippen LogP contribution in [0.2, 0.25) is 0 Å². The molecule has 0 amide bonds. The summed E-state index contributed by atoms with van der Waals surface area (Å²) in [5.74, 6) is 1.39. The normalized spacial score (nSPS) is 12.5. The van der Waals surface area contributed by atoms with E-state index in [4.69, 9.17) is 14.2 Å². The van der Waals surface area contributed by atoms with Crippen LogP contribution >= 0.6 is 0 Å². The van der Waals surface area contributed by atoms with Crippen LogP contribution in [0.25, 0.3) is 0 Å². The number of hydrogen-bond donors (Lipinski definition) is 2. The van der Waals surface area contributed by atoms with E-state index in [-0.39, 0.29) is 5.75 Å². The molecule has 31 heavy (non-hydrogen) atoms. The number of phenolic OH excluding ortho intramolecular Hbond substituents is 1. The Hall–Kier alpha value is -3.51. The summed E-state index contributed by atoms with van der Waals surface area (Å²) in [5.41, 5.74) is 0.0288. The molecule has 0 aliphatic heterocycles. The molecule has 1 atom stereocenters. The molecule has 0 saturated heterocycles. The standard InChI is InChI=1S/C25H27NO5/c1-17(26-16-18-10-9-15-23(31-4)24(18)27)25(28,19-11-5-7-13-21(19)29-2)20-12-6-8-14-22(20)30-3/h5-17,27-28H,1-4H3. The lowest BCUT2D eigenvalue weighted by molar-refractivity contribution is 0.0538. The number of aliphatic imine (C=N–C) groups is 1. The SMILES string of the molecule is COc1ccccc1C(O)(c1ccccc1OC)C(C)N=Cc1cccc(OC)c1O. The van der Waals surface area contributed by atoms with Gasteiger partial charge in [0.15, 0.2) is 11.5 Å². The van der Waals surface area contributed by atoms with Gasteiger partial charge >= 0.3 is 0 Å². The average molecular weight is 421 g/mol.